The molecule has 40 heavy (non-hydrogen) atoms. The number of hydrogen-bond donors (Lipinski definition) is 3. The second-order valence-electron chi connectivity index (χ2n) is 11.2. The van der Waals surface area contributed by atoms with Crippen LogP contribution in [0.3, 0.4) is 0 Å². The third-order valence-electron chi connectivity index (χ3n) is 7.35. The molecule has 0 aromatic heterocycles. The van der Waals surface area contributed by atoms with E-state index in [2.05, 4.69) is 67.8 Å². The maximum absolute atomic E-state index is 12.1. The first-order chi connectivity index (χ1) is 19.7. The number of amides is 1. The Labute approximate surface area is 248 Å². The topological polar surface area (TPSA) is 69.6 Å². The molecule has 1 amide bonds. The van der Waals surface area contributed by atoms with Crippen LogP contribution in [0.15, 0.2) is 48.6 Å². The van der Waals surface area contributed by atoms with Crippen LogP contribution in [0.25, 0.3) is 0 Å². The van der Waals surface area contributed by atoms with Crippen LogP contribution >= 0.6 is 0 Å². The SMILES string of the molecule is CC/C=C\C/C=C\C/C=C\C/C=C\CCCCCCCCCCCCCCC(=O)NC(CO)C(O)CCCCC. The monoisotopic (exact) mass is 559 g/mol. The van der Waals surface area contributed by atoms with Crippen LogP contribution in [0.1, 0.15) is 155 Å². The van der Waals surface area contributed by atoms with Gasteiger partial charge in [0.25, 0.3) is 0 Å². The van der Waals surface area contributed by atoms with Gasteiger partial charge in [-0.25, -0.2) is 0 Å². The van der Waals surface area contributed by atoms with E-state index in [1.807, 2.05) is 0 Å². The molecule has 0 radical (unpaired) electrons. The van der Waals surface area contributed by atoms with Crippen LogP contribution in [-0.4, -0.2) is 34.9 Å². The number of unbranched alkanes of at least 4 members (excludes halogenated alkanes) is 14. The summed E-state index contributed by atoms with van der Waals surface area (Å²) in [5.74, 6) is -0.0490. The Morgan fingerprint density at radius 2 is 1.10 bits per heavy atom. The molecular formula is C36H65NO3. The lowest BCUT2D eigenvalue weighted by Crippen LogP contribution is -2.45. The summed E-state index contributed by atoms with van der Waals surface area (Å²) in [6.45, 7) is 4.08. The fraction of sp³-hybridized carbons (Fsp3) is 0.750. The van der Waals surface area contributed by atoms with E-state index in [1.54, 1.807) is 0 Å². The van der Waals surface area contributed by atoms with Crippen LogP contribution in [0, 0.1) is 0 Å². The molecule has 4 heteroatoms. The first kappa shape index (κ1) is 38.4. The smallest absolute Gasteiger partial charge is 0.220 e. The number of aliphatic hydroxyl groups excluding tert-OH is 2. The first-order valence-corrected chi connectivity index (χ1v) is 16.8. The van der Waals surface area contributed by atoms with Crippen molar-refractivity contribution in [3.63, 3.8) is 0 Å². The normalized spacial score (nSPS) is 13.8. The van der Waals surface area contributed by atoms with Crippen LogP contribution in [0.5, 0.6) is 0 Å². The Kier molecular flexibility index (Phi) is 30.6. The predicted molar refractivity (Wildman–Crippen MR) is 175 cm³/mol. The molecule has 232 valence electrons. The van der Waals surface area contributed by atoms with Crippen LogP contribution in [0.4, 0.5) is 0 Å². The molecule has 0 aliphatic heterocycles. The zero-order valence-corrected chi connectivity index (χ0v) is 26.3. The van der Waals surface area contributed by atoms with Crippen molar-refractivity contribution >= 4 is 5.91 Å². The average Bonchev–Trinajstić information content (AvgIpc) is 2.96. The predicted octanol–water partition coefficient (Wildman–Crippen LogP) is 9.67. The third kappa shape index (κ3) is 27.9. The molecule has 0 aromatic rings. The standard InChI is InChI=1S/C36H65NO3/c1-3-5-7-8-9-10-11-12-13-14-15-16-17-18-19-20-21-22-23-24-25-26-27-28-30-32-36(40)37-34(33-38)35(39)31-29-6-4-2/h5,7,9-10,12-13,15-16,34-35,38-39H,3-4,6,8,11,14,17-33H2,1-2H3,(H,37,40)/b7-5-,10-9-,13-12-,16-15-. The van der Waals surface area contributed by atoms with Gasteiger partial charge >= 0.3 is 0 Å². The minimum Gasteiger partial charge on any atom is -0.394 e. The van der Waals surface area contributed by atoms with Gasteiger partial charge in [-0.2, -0.15) is 0 Å². The number of rotatable bonds is 29. The molecule has 0 aliphatic rings. The molecule has 0 saturated carbocycles. The highest BCUT2D eigenvalue weighted by atomic mass is 16.3. The van der Waals surface area contributed by atoms with E-state index in [0.717, 1.165) is 57.8 Å². The lowest BCUT2D eigenvalue weighted by Gasteiger charge is -2.22. The van der Waals surface area contributed by atoms with E-state index in [1.165, 1.54) is 70.6 Å². The van der Waals surface area contributed by atoms with E-state index in [4.69, 9.17) is 0 Å². The van der Waals surface area contributed by atoms with Crippen molar-refractivity contribution in [2.45, 2.75) is 167 Å². The van der Waals surface area contributed by atoms with E-state index in [-0.39, 0.29) is 12.5 Å². The minimum absolute atomic E-state index is 0.0490. The van der Waals surface area contributed by atoms with Crippen molar-refractivity contribution in [1.82, 2.24) is 5.32 Å². The maximum Gasteiger partial charge on any atom is 0.220 e. The molecule has 0 saturated heterocycles. The van der Waals surface area contributed by atoms with Gasteiger partial charge in [0, 0.05) is 6.42 Å². The highest BCUT2D eigenvalue weighted by Crippen LogP contribution is 2.13. The van der Waals surface area contributed by atoms with Crippen LogP contribution in [-0.2, 0) is 4.79 Å². The maximum atomic E-state index is 12.1. The van der Waals surface area contributed by atoms with Crippen molar-refractivity contribution < 1.29 is 15.0 Å². The van der Waals surface area contributed by atoms with E-state index >= 15 is 0 Å². The Balaban J connectivity index is 3.44. The quantitative estimate of drug-likeness (QED) is 0.0631. The highest BCUT2D eigenvalue weighted by molar-refractivity contribution is 5.76. The molecule has 4 nitrogen and oxygen atoms in total. The molecule has 0 fully saturated rings. The molecule has 0 bridgehead atoms. The molecule has 0 aliphatic carbocycles. The molecular weight excluding hydrogens is 494 g/mol. The molecule has 0 aromatic carbocycles. The van der Waals surface area contributed by atoms with Crippen molar-refractivity contribution in [2.75, 3.05) is 6.61 Å². The molecule has 2 unspecified atom stereocenters. The van der Waals surface area contributed by atoms with E-state index in [0.29, 0.717) is 12.8 Å². The summed E-state index contributed by atoms with van der Waals surface area (Å²) in [6.07, 6.45) is 42.2. The number of allylic oxidation sites excluding steroid dienone is 8. The van der Waals surface area contributed by atoms with Gasteiger partial charge < -0.3 is 15.5 Å². The Morgan fingerprint density at radius 3 is 1.60 bits per heavy atom. The van der Waals surface area contributed by atoms with Gasteiger partial charge in [0.1, 0.15) is 0 Å². The van der Waals surface area contributed by atoms with Gasteiger partial charge in [0.15, 0.2) is 0 Å². The van der Waals surface area contributed by atoms with Crippen molar-refractivity contribution in [2.24, 2.45) is 0 Å². The van der Waals surface area contributed by atoms with Crippen molar-refractivity contribution in [3.05, 3.63) is 48.6 Å². The summed E-state index contributed by atoms with van der Waals surface area (Å²) in [4.78, 5) is 12.1. The molecule has 0 rings (SSSR count). The van der Waals surface area contributed by atoms with Gasteiger partial charge in [-0.1, -0.05) is 146 Å². The second kappa shape index (κ2) is 31.9. The fourth-order valence-electron chi connectivity index (χ4n) is 4.76. The highest BCUT2D eigenvalue weighted by Gasteiger charge is 2.19. The minimum atomic E-state index is -0.656. The summed E-state index contributed by atoms with van der Waals surface area (Å²) in [7, 11) is 0. The number of nitrogens with one attached hydrogen (secondary N) is 1. The Bertz CT molecular complexity index is 652. The number of aliphatic hydroxyl groups is 2. The lowest BCUT2D eigenvalue weighted by atomic mass is 10.0. The Hall–Kier alpha value is -1.65. The average molecular weight is 560 g/mol. The third-order valence-corrected chi connectivity index (χ3v) is 7.35. The fourth-order valence-corrected chi connectivity index (χ4v) is 4.76. The van der Waals surface area contributed by atoms with Gasteiger partial charge in [-0.05, 0) is 51.4 Å². The van der Waals surface area contributed by atoms with Crippen LogP contribution in [0.2, 0.25) is 0 Å². The molecule has 0 heterocycles. The summed E-state index contributed by atoms with van der Waals surface area (Å²) in [5, 5.41) is 22.5. The number of carbonyl (C=O) groups excluding carboxylic acids is 1. The van der Waals surface area contributed by atoms with Gasteiger partial charge in [-0.15, -0.1) is 0 Å². The van der Waals surface area contributed by atoms with Gasteiger partial charge in [0.2, 0.25) is 5.91 Å². The molecule has 3 N–H and O–H groups in total. The summed E-state index contributed by atoms with van der Waals surface area (Å²) < 4.78 is 0. The molecule has 0 spiro atoms. The van der Waals surface area contributed by atoms with E-state index < -0.39 is 12.1 Å². The lowest BCUT2D eigenvalue weighted by molar-refractivity contribution is -0.123. The van der Waals surface area contributed by atoms with Gasteiger partial charge in [-0.3, -0.25) is 4.79 Å². The molecule has 2 atom stereocenters. The van der Waals surface area contributed by atoms with E-state index in [9.17, 15) is 15.0 Å². The largest absolute Gasteiger partial charge is 0.394 e. The van der Waals surface area contributed by atoms with Crippen LogP contribution < -0.4 is 5.32 Å². The zero-order chi connectivity index (χ0) is 29.4. The number of carbonyl (C=O) groups is 1. The van der Waals surface area contributed by atoms with Gasteiger partial charge in [0.05, 0.1) is 18.8 Å². The summed E-state index contributed by atoms with van der Waals surface area (Å²) >= 11 is 0. The number of hydrogen-bond acceptors (Lipinski definition) is 3. The van der Waals surface area contributed by atoms with Crippen molar-refractivity contribution in [3.8, 4) is 0 Å². The second-order valence-corrected chi connectivity index (χ2v) is 11.2. The summed E-state index contributed by atoms with van der Waals surface area (Å²) in [5.41, 5.74) is 0. The van der Waals surface area contributed by atoms with Crippen molar-refractivity contribution in [1.29, 1.82) is 0 Å². The Morgan fingerprint density at radius 1 is 0.625 bits per heavy atom. The zero-order valence-electron chi connectivity index (χ0n) is 26.3. The first-order valence-electron chi connectivity index (χ1n) is 16.8. The summed E-state index contributed by atoms with van der Waals surface area (Å²) in [6, 6.07) is -0.533.